The van der Waals surface area contributed by atoms with E-state index in [4.69, 9.17) is 10.6 Å². The molecule has 0 radical (unpaired) electrons. The average molecular weight is 309 g/mol. The number of anilines is 1. The van der Waals surface area contributed by atoms with Crippen LogP contribution in [0, 0.1) is 5.82 Å². The van der Waals surface area contributed by atoms with Crippen molar-refractivity contribution in [1.82, 2.24) is 0 Å². The summed E-state index contributed by atoms with van der Waals surface area (Å²) in [6.45, 7) is 4.58. The highest BCUT2D eigenvalue weighted by Gasteiger charge is 2.03. The lowest BCUT2D eigenvalue weighted by Gasteiger charge is -2.19. The minimum Gasteiger partial charge on any atom is -0.490 e. The van der Waals surface area contributed by atoms with Crippen LogP contribution in [0.5, 0.6) is 5.75 Å². The second kappa shape index (κ2) is 8.29. The lowest BCUT2D eigenvalue weighted by Crippen LogP contribution is -2.29. The molecule has 112 valence electrons. The maximum atomic E-state index is 12.8. The van der Waals surface area contributed by atoms with E-state index in [1.54, 1.807) is 23.2 Å². The molecule has 2 N–H and O–H groups in total. The van der Waals surface area contributed by atoms with E-state index in [1.807, 2.05) is 24.3 Å². The van der Waals surface area contributed by atoms with Gasteiger partial charge in [-0.2, -0.15) is 0 Å². The van der Waals surface area contributed by atoms with Gasteiger partial charge in [0.25, 0.3) is 0 Å². The molecular formula is C16H18ClFN2O. The Bertz CT molecular complexity index is 557. The number of nitrogens with zero attached hydrogens (tertiary/aromatic N) is 1. The molecule has 3 nitrogen and oxygen atoms in total. The summed E-state index contributed by atoms with van der Waals surface area (Å²) in [5.41, 5.74) is 1.81. The molecule has 0 amide bonds. The first kappa shape index (κ1) is 17.0. The van der Waals surface area contributed by atoms with Gasteiger partial charge in [0, 0.05) is 0 Å². The van der Waals surface area contributed by atoms with Crippen molar-refractivity contribution in [3.8, 4) is 5.75 Å². The Morgan fingerprint density at radius 1 is 1.10 bits per heavy atom. The van der Waals surface area contributed by atoms with E-state index in [-0.39, 0.29) is 18.2 Å². The van der Waals surface area contributed by atoms with E-state index >= 15 is 0 Å². The van der Waals surface area contributed by atoms with Gasteiger partial charge < -0.3 is 9.75 Å². The smallest absolute Gasteiger partial charge is 0.123 e. The molecule has 2 aromatic carbocycles. The van der Waals surface area contributed by atoms with E-state index in [2.05, 4.69) is 6.58 Å². The van der Waals surface area contributed by atoms with E-state index in [0.717, 1.165) is 17.0 Å². The zero-order valence-electron chi connectivity index (χ0n) is 11.5. The predicted molar refractivity (Wildman–Crippen MR) is 86.2 cm³/mol. The summed E-state index contributed by atoms with van der Waals surface area (Å²) >= 11 is 0. The number of rotatable bonds is 6. The number of hydrazine groups is 1. The minimum atomic E-state index is -0.249. The lowest BCUT2D eigenvalue weighted by molar-refractivity contribution is 0.363. The molecule has 0 bridgehead atoms. The fraction of sp³-hybridized carbons (Fsp3) is 0.125. The highest BCUT2D eigenvalue weighted by atomic mass is 35.5. The molecule has 21 heavy (non-hydrogen) atoms. The number of halogens is 2. The molecule has 5 heteroatoms. The van der Waals surface area contributed by atoms with E-state index in [0.29, 0.717) is 13.2 Å². The Balaban J connectivity index is 0.00000220. The van der Waals surface area contributed by atoms with Crippen LogP contribution in [0.25, 0.3) is 0 Å². The SMILES string of the molecule is C=CCOc1ccc(N(N)Cc2ccc(F)cc2)cc1.Cl. The van der Waals surface area contributed by atoms with Gasteiger partial charge in [-0.25, -0.2) is 10.2 Å². The highest BCUT2D eigenvalue weighted by molar-refractivity contribution is 5.85. The van der Waals surface area contributed by atoms with E-state index in [1.165, 1.54) is 12.1 Å². The summed E-state index contributed by atoms with van der Waals surface area (Å²) in [5.74, 6) is 6.52. The summed E-state index contributed by atoms with van der Waals surface area (Å²) in [6.07, 6.45) is 1.69. The Hall–Kier alpha value is -2.04. The second-order valence-corrected chi connectivity index (χ2v) is 4.35. The largest absolute Gasteiger partial charge is 0.490 e. The fourth-order valence-electron chi connectivity index (χ4n) is 1.77. The third-order valence-corrected chi connectivity index (χ3v) is 2.80. The van der Waals surface area contributed by atoms with Crippen LogP contribution < -0.4 is 15.6 Å². The van der Waals surface area contributed by atoms with Gasteiger partial charge in [-0.05, 0) is 42.0 Å². The molecule has 0 aliphatic carbocycles. The second-order valence-electron chi connectivity index (χ2n) is 4.35. The van der Waals surface area contributed by atoms with Gasteiger partial charge in [-0.3, -0.25) is 0 Å². The van der Waals surface area contributed by atoms with Crippen LogP contribution >= 0.6 is 12.4 Å². The van der Waals surface area contributed by atoms with Crippen LogP contribution in [0.15, 0.2) is 61.2 Å². The Morgan fingerprint density at radius 3 is 2.29 bits per heavy atom. The highest BCUT2D eigenvalue weighted by Crippen LogP contribution is 2.19. The summed E-state index contributed by atoms with van der Waals surface area (Å²) in [6, 6.07) is 13.7. The maximum Gasteiger partial charge on any atom is 0.123 e. The molecule has 0 unspecified atom stereocenters. The molecule has 0 saturated carbocycles. The van der Waals surface area contributed by atoms with Gasteiger partial charge in [0.15, 0.2) is 0 Å². The normalized spacial score (nSPS) is 9.62. The molecule has 0 aliphatic rings. The van der Waals surface area contributed by atoms with Gasteiger partial charge in [0.2, 0.25) is 0 Å². The van der Waals surface area contributed by atoms with Crippen molar-refractivity contribution < 1.29 is 9.13 Å². The van der Waals surface area contributed by atoms with Crippen LogP contribution in [0.3, 0.4) is 0 Å². The van der Waals surface area contributed by atoms with Crippen molar-refractivity contribution >= 4 is 18.1 Å². The molecule has 2 rings (SSSR count). The quantitative estimate of drug-likeness (QED) is 0.502. The standard InChI is InChI=1S/C16H17FN2O.ClH/c1-2-11-20-16-9-7-15(8-10-16)19(18)12-13-3-5-14(17)6-4-13;/h2-10H,1,11-12,18H2;1H. The molecular weight excluding hydrogens is 291 g/mol. The van der Waals surface area contributed by atoms with Crippen molar-refractivity contribution in [3.05, 3.63) is 72.6 Å². The first-order valence-corrected chi connectivity index (χ1v) is 6.29. The van der Waals surface area contributed by atoms with Crippen molar-refractivity contribution in [1.29, 1.82) is 0 Å². The van der Waals surface area contributed by atoms with Gasteiger partial charge >= 0.3 is 0 Å². The van der Waals surface area contributed by atoms with Crippen LogP contribution in [0.2, 0.25) is 0 Å². The van der Waals surface area contributed by atoms with Crippen molar-refractivity contribution in [2.75, 3.05) is 11.6 Å². The third-order valence-electron chi connectivity index (χ3n) is 2.80. The summed E-state index contributed by atoms with van der Waals surface area (Å²) in [4.78, 5) is 0. The maximum absolute atomic E-state index is 12.8. The van der Waals surface area contributed by atoms with E-state index < -0.39 is 0 Å². The summed E-state index contributed by atoms with van der Waals surface area (Å²) < 4.78 is 18.2. The van der Waals surface area contributed by atoms with Crippen LogP contribution in [0.4, 0.5) is 10.1 Å². The number of nitrogens with two attached hydrogens (primary N) is 1. The zero-order chi connectivity index (χ0) is 14.4. The van der Waals surface area contributed by atoms with Gasteiger partial charge in [-0.15, -0.1) is 12.4 Å². The lowest BCUT2D eigenvalue weighted by atomic mass is 10.2. The predicted octanol–water partition coefficient (Wildman–Crippen LogP) is 3.69. The molecule has 0 heterocycles. The minimum absolute atomic E-state index is 0. The number of hydrogen-bond donors (Lipinski definition) is 1. The number of ether oxygens (including phenoxy) is 1. The molecule has 0 spiro atoms. The molecule has 2 aromatic rings. The monoisotopic (exact) mass is 308 g/mol. The van der Waals surface area contributed by atoms with Crippen LogP contribution in [-0.4, -0.2) is 6.61 Å². The van der Waals surface area contributed by atoms with Crippen molar-refractivity contribution in [2.24, 2.45) is 5.84 Å². The molecule has 0 fully saturated rings. The average Bonchev–Trinajstić information content (AvgIpc) is 2.48. The summed E-state index contributed by atoms with van der Waals surface area (Å²) in [7, 11) is 0. The topological polar surface area (TPSA) is 38.5 Å². The number of hydrogen-bond acceptors (Lipinski definition) is 3. The Labute approximate surface area is 130 Å². The summed E-state index contributed by atoms with van der Waals surface area (Å²) in [5, 5.41) is 1.60. The van der Waals surface area contributed by atoms with Crippen molar-refractivity contribution in [2.45, 2.75) is 6.54 Å². The third kappa shape index (κ3) is 5.10. The van der Waals surface area contributed by atoms with Gasteiger partial charge in [-0.1, -0.05) is 24.8 Å². The fourth-order valence-corrected chi connectivity index (χ4v) is 1.77. The first-order valence-electron chi connectivity index (χ1n) is 6.29. The van der Waals surface area contributed by atoms with Gasteiger partial charge in [0.05, 0.1) is 12.2 Å². The Morgan fingerprint density at radius 2 is 1.71 bits per heavy atom. The zero-order valence-corrected chi connectivity index (χ0v) is 12.4. The van der Waals surface area contributed by atoms with Crippen molar-refractivity contribution in [3.63, 3.8) is 0 Å². The number of benzene rings is 2. The molecule has 0 aliphatic heterocycles. The van der Waals surface area contributed by atoms with Crippen LogP contribution in [0.1, 0.15) is 5.56 Å². The molecule has 0 aromatic heterocycles. The molecule has 0 saturated heterocycles. The molecule has 0 atom stereocenters. The van der Waals surface area contributed by atoms with Crippen LogP contribution in [-0.2, 0) is 6.54 Å². The van der Waals surface area contributed by atoms with E-state index in [9.17, 15) is 4.39 Å². The first-order chi connectivity index (χ1) is 9.69. The van der Waals surface area contributed by atoms with Gasteiger partial charge in [0.1, 0.15) is 18.2 Å². The Kier molecular flexibility index (Phi) is 6.72.